The van der Waals surface area contributed by atoms with Gasteiger partial charge in [0.25, 0.3) is 0 Å². The molecule has 0 unspecified atom stereocenters. The third-order valence-electron chi connectivity index (χ3n) is 2.80. The first-order valence-corrected chi connectivity index (χ1v) is 7.38. The van der Waals surface area contributed by atoms with Crippen LogP contribution in [0.3, 0.4) is 0 Å². The van der Waals surface area contributed by atoms with Gasteiger partial charge >= 0.3 is 0 Å². The smallest absolute Gasteiger partial charge is 0.236 e. The number of hydrogen-bond acceptors (Lipinski definition) is 2. The van der Waals surface area contributed by atoms with Gasteiger partial charge in [0.1, 0.15) is 5.75 Å². The molecule has 1 aromatic rings. The first-order chi connectivity index (χ1) is 8.38. The van der Waals surface area contributed by atoms with Crippen molar-refractivity contribution in [1.82, 2.24) is 5.32 Å². The number of carbonyl (C=O) groups excluding carboxylic acids is 1. The summed E-state index contributed by atoms with van der Waals surface area (Å²) in [7, 11) is 0. The van der Waals surface area contributed by atoms with Crippen molar-refractivity contribution < 1.29 is 9.53 Å². The number of ether oxygens (including phenoxy) is 1. The quantitative estimate of drug-likeness (QED) is 0.823. The van der Waals surface area contributed by atoms with Gasteiger partial charge in [-0.15, -0.1) is 0 Å². The van der Waals surface area contributed by atoms with E-state index in [1.807, 2.05) is 19.9 Å². The molecule has 18 heavy (non-hydrogen) atoms. The Morgan fingerprint density at radius 3 is 2.89 bits per heavy atom. The van der Waals surface area contributed by atoms with Crippen LogP contribution in [0, 0.1) is 0 Å². The van der Waals surface area contributed by atoms with Gasteiger partial charge in [0.05, 0.1) is 10.9 Å². The van der Waals surface area contributed by atoms with Crippen molar-refractivity contribution in [3.8, 4) is 5.75 Å². The monoisotopic (exact) mass is 375 g/mol. The molecule has 0 aromatic heterocycles. The van der Waals surface area contributed by atoms with Crippen LogP contribution in [0.5, 0.6) is 5.75 Å². The van der Waals surface area contributed by atoms with Crippen LogP contribution in [0.1, 0.15) is 25.0 Å². The fraction of sp³-hybridized carbons (Fsp3) is 0.462. The average molecular weight is 377 g/mol. The lowest BCUT2D eigenvalue weighted by Gasteiger charge is -2.17. The lowest BCUT2D eigenvalue weighted by atomic mass is 10.1. The maximum atomic E-state index is 11.8. The van der Waals surface area contributed by atoms with E-state index < -0.39 is 4.32 Å². The fourth-order valence-electron chi connectivity index (χ4n) is 1.86. The molecule has 1 amide bonds. The van der Waals surface area contributed by atoms with Crippen LogP contribution in [-0.2, 0) is 17.8 Å². The minimum Gasteiger partial charge on any atom is -0.493 e. The molecule has 0 radical (unpaired) electrons. The average Bonchev–Trinajstić information content (AvgIpc) is 2.71. The predicted octanol–water partition coefficient (Wildman–Crippen LogP) is 3.17. The second kappa shape index (κ2) is 5.21. The summed E-state index contributed by atoms with van der Waals surface area (Å²) in [5, 5.41) is 2.91. The molecule has 0 fully saturated rings. The molecule has 1 aliphatic rings. The minimum absolute atomic E-state index is 0.0331. The highest BCUT2D eigenvalue weighted by Gasteiger charge is 2.24. The Bertz CT molecular complexity index is 481. The topological polar surface area (TPSA) is 38.3 Å². The SMILES string of the molecule is CC(C)(Br)C(=O)NCc1cc(Br)cc2c1OCC2. The second-order valence-corrected chi connectivity index (χ2v) is 7.70. The fourth-order valence-corrected chi connectivity index (χ4v) is 2.56. The summed E-state index contributed by atoms with van der Waals surface area (Å²) in [5.74, 6) is 0.889. The zero-order valence-corrected chi connectivity index (χ0v) is 13.5. The molecule has 0 bridgehead atoms. The van der Waals surface area contributed by atoms with Crippen molar-refractivity contribution >= 4 is 37.8 Å². The maximum Gasteiger partial charge on any atom is 0.236 e. The molecule has 0 spiro atoms. The van der Waals surface area contributed by atoms with Crippen molar-refractivity contribution in [2.24, 2.45) is 0 Å². The Balaban J connectivity index is 2.13. The molecule has 2 rings (SSSR count). The molecule has 1 N–H and O–H groups in total. The second-order valence-electron chi connectivity index (χ2n) is 4.81. The third kappa shape index (κ3) is 3.06. The number of carbonyl (C=O) groups is 1. The van der Waals surface area contributed by atoms with Crippen molar-refractivity contribution in [2.45, 2.75) is 31.1 Å². The summed E-state index contributed by atoms with van der Waals surface area (Å²) >= 11 is 6.83. The highest BCUT2D eigenvalue weighted by atomic mass is 79.9. The van der Waals surface area contributed by atoms with Gasteiger partial charge in [-0.3, -0.25) is 4.79 Å². The zero-order chi connectivity index (χ0) is 13.3. The molecule has 1 aromatic carbocycles. The van der Waals surface area contributed by atoms with E-state index in [0.717, 1.165) is 28.8 Å². The Morgan fingerprint density at radius 1 is 1.50 bits per heavy atom. The van der Waals surface area contributed by atoms with Crippen LogP contribution in [0.4, 0.5) is 0 Å². The van der Waals surface area contributed by atoms with E-state index in [-0.39, 0.29) is 5.91 Å². The third-order valence-corrected chi connectivity index (χ3v) is 3.62. The molecular weight excluding hydrogens is 362 g/mol. The van der Waals surface area contributed by atoms with Gasteiger partial charge in [-0.1, -0.05) is 31.9 Å². The summed E-state index contributed by atoms with van der Waals surface area (Å²) < 4.78 is 6.09. The molecule has 3 nitrogen and oxygen atoms in total. The Morgan fingerprint density at radius 2 is 2.22 bits per heavy atom. The molecule has 1 heterocycles. The van der Waals surface area contributed by atoms with Crippen molar-refractivity contribution in [2.75, 3.05) is 6.61 Å². The van der Waals surface area contributed by atoms with E-state index in [2.05, 4.69) is 43.2 Å². The lowest BCUT2D eigenvalue weighted by Crippen LogP contribution is -2.37. The summed E-state index contributed by atoms with van der Waals surface area (Å²) in [6.45, 7) is 4.85. The standard InChI is InChI=1S/C13H15Br2NO2/c1-13(2,15)12(17)16-7-9-6-10(14)5-8-3-4-18-11(8)9/h5-6H,3-4,7H2,1-2H3,(H,16,17). The summed E-state index contributed by atoms with van der Waals surface area (Å²) in [6.07, 6.45) is 0.930. The highest BCUT2D eigenvalue weighted by molar-refractivity contribution is 9.10. The van der Waals surface area contributed by atoms with E-state index in [1.165, 1.54) is 5.56 Å². The van der Waals surface area contributed by atoms with Crippen LogP contribution in [0.2, 0.25) is 0 Å². The summed E-state index contributed by atoms with van der Waals surface area (Å²) in [6, 6.07) is 4.06. The molecule has 0 saturated carbocycles. The van der Waals surface area contributed by atoms with E-state index in [9.17, 15) is 4.79 Å². The van der Waals surface area contributed by atoms with Gasteiger partial charge in [0.2, 0.25) is 5.91 Å². The number of fused-ring (bicyclic) bond motifs is 1. The number of rotatable bonds is 3. The molecule has 0 aliphatic carbocycles. The van der Waals surface area contributed by atoms with Crippen molar-refractivity contribution in [3.05, 3.63) is 27.7 Å². The van der Waals surface area contributed by atoms with Crippen molar-refractivity contribution in [3.63, 3.8) is 0 Å². The molecule has 0 atom stereocenters. The molecule has 5 heteroatoms. The van der Waals surface area contributed by atoms with Crippen LogP contribution >= 0.6 is 31.9 Å². The van der Waals surface area contributed by atoms with Gasteiger partial charge in [0.15, 0.2) is 0 Å². The number of amides is 1. The highest BCUT2D eigenvalue weighted by Crippen LogP contribution is 2.33. The Hall–Kier alpha value is -0.550. The first kappa shape index (κ1) is 13.9. The van der Waals surface area contributed by atoms with Crippen LogP contribution < -0.4 is 10.1 Å². The van der Waals surface area contributed by atoms with Gasteiger partial charge < -0.3 is 10.1 Å². The van der Waals surface area contributed by atoms with Crippen LogP contribution in [0.15, 0.2) is 16.6 Å². The molecular formula is C13H15Br2NO2. The number of nitrogens with one attached hydrogen (secondary N) is 1. The number of hydrogen-bond donors (Lipinski definition) is 1. The van der Waals surface area contributed by atoms with Crippen LogP contribution in [-0.4, -0.2) is 16.8 Å². The molecule has 1 aliphatic heterocycles. The van der Waals surface area contributed by atoms with E-state index in [0.29, 0.717) is 6.54 Å². The lowest BCUT2D eigenvalue weighted by molar-refractivity contribution is -0.122. The van der Waals surface area contributed by atoms with Crippen molar-refractivity contribution in [1.29, 1.82) is 0 Å². The van der Waals surface area contributed by atoms with Crippen LogP contribution in [0.25, 0.3) is 0 Å². The summed E-state index contributed by atoms with van der Waals surface area (Å²) in [5.41, 5.74) is 2.22. The Kier molecular flexibility index (Phi) is 4.02. The maximum absolute atomic E-state index is 11.8. The molecule has 98 valence electrons. The zero-order valence-electron chi connectivity index (χ0n) is 10.3. The number of benzene rings is 1. The normalized spacial score (nSPS) is 14.0. The van der Waals surface area contributed by atoms with Gasteiger partial charge in [-0.2, -0.15) is 0 Å². The van der Waals surface area contributed by atoms with E-state index >= 15 is 0 Å². The Labute approximate surface area is 124 Å². The number of halogens is 2. The predicted molar refractivity (Wildman–Crippen MR) is 78.2 cm³/mol. The van der Waals surface area contributed by atoms with E-state index in [4.69, 9.17) is 4.74 Å². The van der Waals surface area contributed by atoms with Gasteiger partial charge in [0, 0.05) is 23.0 Å². The van der Waals surface area contributed by atoms with Gasteiger partial charge in [-0.25, -0.2) is 0 Å². The largest absolute Gasteiger partial charge is 0.493 e. The van der Waals surface area contributed by atoms with Gasteiger partial charge in [-0.05, 0) is 31.5 Å². The first-order valence-electron chi connectivity index (χ1n) is 5.79. The minimum atomic E-state index is -0.553. The summed E-state index contributed by atoms with van der Waals surface area (Å²) in [4.78, 5) is 11.8. The molecule has 0 saturated heterocycles. The number of alkyl halides is 1. The van der Waals surface area contributed by atoms with E-state index in [1.54, 1.807) is 0 Å².